The lowest BCUT2D eigenvalue weighted by Crippen LogP contribution is -2.49. The van der Waals surface area contributed by atoms with Crippen molar-refractivity contribution in [3.8, 4) is 11.4 Å². The quantitative estimate of drug-likeness (QED) is 0.627. The molecule has 0 radical (unpaired) electrons. The van der Waals surface area contributed by atoms with Crippen LogP contribution in [0.2, 0.25) is 5.02 Å². The minimum Gasteiger partial charge on any atom is -0.366 e. The fraction of sp³-hybridized carbons (Fsp3) is 0.250. The lowest BCUT2D eigenvalue weighted by Gasteiger charge is -2.36. The summed E-state index contributed by atoms with van der Waals surface area (Å²) in [6.45, 7) is 1.83. The summed E-state index contributed by atoms with van der Waals surface area (Å²) in [6, 6.07) is 9.83. The first-order chi connectivity index (χ1) is 14.6. The summed E-state index contributed by atoms with van der Waals surface area (Å²) in [5.74, 6) is -0.125. The molecule has 0 unspecified atom stereocenters. The van der Waals surface area contributed by atoms with Gasteiger partial charge in [0, 0.05) is 38.2 Å². The van der Waals surface area contributed by atoms with Crippen molar-refractivity contribution >= 4 is 29.5 Å². The van der Waals surface area contributed by atoms with E-state index in [2.05, 4.69) is 20.6 Å². The first-order valence-electron chi connectivity index (χ1n) is 9.36. The molecule has 4 rings (SSSR count). The fourth-order valence-electron chi connectivity index (χ4n) is 3.47. The molecule has 2 aromatic carbocycles. The smallest absolute Gasteiger partial charge is 0.255 e. The number of halogens is 2. The third-order valence-corrected chi connectivity index (χ3v) is 5.38. The van der Waals surface area contributed by atoms with Gasteiger partial charge in [-0.15, -0.1) is 5.10 Å². The molecule has 1 fully saturated rings. The van der Waals surface area contributed by atoms with Crippen molar-refractivity contribution < 1.29 is 14.0 Å². The van der Waals surface area contributed by atoms with Gasteiger partial charge in [0.1, 0.15) is 12.1 Å². The van der Waals surface area contributed by atoms with E-state index in [0.717, 1.165) is 6.29 Å². The normalized spacial score (nSPS) is 14.1. The van der Waals surface area contributed by atoms with Gasteiger partial charge in [-0.25, -0.2) is 9.49 Å². The van der Waals surface area contributed by atoms with E-state index >= 15 is 0 Å². The number of amides is 1. The Kier molecular flexibility index (Phi) is 5.71. The van der Waals surface area contributed by atoms with Gasteiger partial charge in [0.15, 0.2) is 5.82 Å². The Morgan fingerprint density at radius 1 is 1.17 bits per heavy atom. The Morgan fingerprint density at radius 3 is 2.63 bits per heavy atom. The van der Waals surface area contributed by atoms with Crippen molar-refractivity contribution in [3.05, 3.63) is 58.4 Å². The molecular formula is C20H18ClFN6O2. The average Bonchev–Trinajstić information content (AvgIpc) is 3.29. The van der Waals surface area contributed by atoms with Crippen molar-refractivity contribution in [2.75, 3.05) is 31.1 Å². The number of aromatic nitrogens is 4. The topological polar surface area (TPSA) is 95.1 Å². The van der Waals surface area contributed by atoms with Crippen LogP contribution in [0.15, 0.2) is 36.4 Å². The Morgan fingerprint density at radius 2 is 1.97 bits per heavy atom. The number of carbonyl (C=O) groups excluding carboxylic acids is 2. The third-order valence-electron chi connectivity index (χ3n) is 5.05. The predicted molar refractivity (Wildman–Crippen MR) is 109 cm³/mol. The van der Waals surface area contributed by atoms with E-state index in [4.69, 9.17) is 11.6 Å². The minimum absolute atomic E-state index is 0.184. The molecule has 0 bridgehead atoms. The molecule has 10 heteroatoms. The first-order valence-corrected chi connectivity index (χ1v) is 9.74. The molecule has 0 aliphatic carbocycles. The van der Waals surface area contributed by atoms with Crippen LogP contribution in [0, 0.1) is 5.82 Å². The number of nitrogens with zero attached hydrogens (tertiary/aromatic N) is 5. The maximum atomic E-state index is 14.4. The van der Waals surface area contributed by atoms with Crippen LogP contribution in [-0.4, -0.2) is 63.9 Å². The minimum atomic E-state index is -0.370. The summed E-state index contributed by atoms with van der Waals surface area (Å²) in [5.41, 5.74) is 2.12. The molecule has 1 N–H and O–H groups in total. The van der Waals surface area contributed by atoms with Crippen molar-refractivity contribution in [2.24, 2.45) is 0 Å². The fourth-order valence-corrected chi connectivity index (χ4v) is 3.67. The number of rotatable bonds is 5. The maximum Gasteiger partial charge on any atom is 0.255 e. The average molecular weight is 429 g/mol. The SMILES string of the molecule is O=CCc1ccc(N2CCN(C(=O)c3cc(-c4nnn[nH]4)ccc3Cl)CC2)c(F)c1. The molecule has 154 valence electrons. The Bertz CT molecular complexity index is 1070. The zero-order valence-corrected chi connectivity index (χ0v) is 16.6. The summed E-state index contributed by atoms with van der Waals surface area (Å²) in [4.78, 5) is 27.2. The zero-order chi connectivity index (χ0) is 21.1. The molecular weight excluding hydrogens is 411 g/mol. The van der Waals surface area contributed by atoms with Crippen molar-refractivity contribution in [3.63, 3.8) is 0 Å². The Hall–Kier alpha value is -3.33. The lowest BCUT2D eigenvalue weighted by atomic mass is 10.1. The highest BCUT2D eigenvalue weighted by Gasteiger charge is 2.25. The number of nitrogens with one attached hydrogen (secondary N) is 1. The number of piperazine rings is 1. The van der Waals surface area contributed by atoms with Gasteiger partial charge in [-0.1, -0.05) is 17.7 Å². The second-order valence-electron chi connectivity index (χ2n) is 6.88. The number of carbonyl (C=O) groups is 2. The first kappa shape index (κ1) is 20.0. The van der Waals surface area contributed by atoms with Crippen LogP contribution in [0.1, 0.15) is 15.9 Å². The molecule has 2 heterocycles. The van der Waals surface area contributed by atoms with Gasteiger partial charge in [-0.2, -0.15) is 0 Å². The maximum absolute atomic E-state index is 14.4. The van der Waals surface area contributed by atoms with E-state index in [0.29, 0.717) is 59.4 Å². The van der Waals surface area contributed by atoms with Gasteiger partial charge in [0.2, 0.25) is 0 Å². The molecule has 0 saturated carbocycles. The summed E-state index contributed by atoms with van der Waals surface area (Å²) >= 11 is 6.26. The van der Waals surface area contributed by atoms with E-state index in [1.165, 1.54) is 6.07 Å². The van der Waals surface area contributed by atoms with Crippen LogP contribution in [0.25, 0.3) is 11.4 Å². The molecule has 1 aromatic heterocycles. The number of hydrogen-bond donors (Lipinski definition) is 1. The number of anilines is 1. The Labute approximate surface area is 176 Å². The van der Waals surface area contributed by atoms with Crippen LogP contribution in [0.4, 0.5) is 10.1 Å². The second-order valence-corrected chi connectivity index (χ2v) is 7.29. The van der Waals surface area contributed by atoms with Crippen molar-refractivity contribution in [2.45, 2.75) is 6.42 Å². The van der Waals surface area contributed by atoms with Crippen LogP contribution >= 0.6 is 11.6 Å². The molecule has 30 heavy (non-hydrogen) atoms. The number of benzene rings is 2. The molecule has 0 spiro atoms. The molecule has 0 atom stereocenters. The molecule has 3 aromatic rings. The van der Waals surface area contributed by atoms with Crippen LogP contribution in [0.3, 0.4) is 0 Å². The van der Waals surface area contributed by atoms with E-state index in [-0.39, 0.29) is 18.1 Å². The number of aldehydes is 1. The van der Waals surface area contributed by atoms with Crippen LogP contribution in [-0.2, 0) is 11.2 Å². The third kappa shape index (κ3) is 4.02. The highest BCUT2D eigenvalue weighted by molar-refractivity contribution is 6.34. The number of H-pyrrole nitrogens is 1. The van der Waals surface area contributed by atoms with Gasteiger partial charge in [0.05, 0.1) is 16.3 Å². The molecule has 1 amide bonds. The highest BCUT2D eigenvalue weighted by Crippen LogP contribution is 2.26. The van der Waals surface area contributed by atoms with E-state index in [1.807, 2.05) is 4.90 Å². The Balaban J connectivity index is 1.46. The van der Waals surface area contributed by atoms with Gasteiger partial charge in [-0.05, 0) is 46.3 Å². The number of tetrazole rings is 1. The molecule has 8 nitrogen and oxygen atoms in total. The molecule has 1 aliphatic heterocycles. The predicted octanol–water partition coefficient (Wildman–Crippen LogP) is 2.36. The van der Waals surface area contributed by atoms with Gasteiger partial charge in [-0.3, -0.25) is 4.79 Å². The summed E-state index contributed by atoms with van der Waals surface area (Å²) < 4.78 is 14.4. The highest BCUT2D eigenvalue weighted by atomic mass is 35.5. The monoisotopic (exact) mass is 428 g/mol. The van der Waals surface area contributed by atoms with Crippen LogP contribution in [0.5, 0.6) is 0 Å². The summed E-state index contributed by atoms with van der Waals surface area (Å²) in [5, 5.41) is 13.9. The van der Waals surface area contributed by atoms with Crippen molar-refractivity contribution in [1.82, 2.24) is 25.5 Å². The molecule has 1 saturated heterocycles. The second kappa shape index (κ2) is 8.58. The van der Waals surface area contributed by atoms with Gasteiger partial charge >= 0.3 is 0 Å². The van der Waals surface area contributed by atoms with Gasteiger partial charge in [0.25, 0.3) is 5.91 Å². The summed E-state index contributed by atoms with van der Waals surface area (Å²) in [6.07, 6.45) is 0.932. The van der Waals surface area contributed by atoms with Crippen LogP contribution < -0.4 is 4.90 Å². The van der Waals surface area contributed by atoms with Gasteiger partial charge < -0.3 is 14.6 Å². The van der Waals surface area contributed by atoms with E-state index in [9.17, 15) is 14.0 Å². The molecule has 1 aliphatic rings. The summed E-state index contributed by atoms with van der Waals surface area (Å²) in [7, 11) is 0. The van der Waals surface area contributed by atoms with E-state index < -0.39 is 0 Å². The zero-order valence-electron chi connectivity index (χ0n) is 15.9. The standard InChI is InChI=1S/C20H18ClFN6O2/c21-16-3-2-14(19-23-25-26-24-19)12-15(16)20(30)28-8-6-27(7-9-28)18-4-1-13(5-10-29)11-17(18)22/h1-4,10-12H,5-9H2,(H,23,24,25,26). The lowest BCUT2D eigenvalue weighted by molar-refractivity contribution is -0.107. The number of aromatic amines is 1. The van der Waals surface area contributed by atoms with Crippen molar-refractivity contribution in [1.29, 1.82) is 0 Å². The number of hydrogen-bond acceptors (Lipinski definition) is 6. The van der Waals surface area contributed by atoms with E-state index in [1.54, 1.807) is 35.2 Å². The largest absolute Gasteiger partial charge is 0.366 e.